The third kappa shape index (κ3) is 7.28. The smallest absolute Gasteiger partial charge is 0.0195 e. The summed E-state index contributed by atoms with van der Waals surface area (Å²) in [6.45, 7) is 15.6. The van der Waals surface area contributed by atoms with Gasteiger partial charge in [0.2, 0.25) is 0 Å². The van der Waals surface area contributed by atoms with Gasteiger partial charge in [-0.3, -0.25) is 4.90 Å². The van der Waals surface area contributed by atoms with E-state index in [9.17, 15) is 0 Å². The molecular formula is C16H35N3. The van der Waals surface area contributed by atoms with Crippen molar-refractivity contribution in [3.63, 3.8) is 0 Å². The third-order valence-electron chi connectivity index (χ3n) is 4.26. The van der Waals surface area contributed by atoms with Crippen LogP contribution < -0.4 is 5.32 Å². The quantitative estimate of drug-likeness (QED) is 0.615. The molecule has 1 heterocycles. The second-order valence-corrected chi connectivity index (χ2v) is 5.94. The molecule has 0 saturated carbocycles. The molecule has 0 bridgehead atoms. The summed E-state index contributed by atoms with van der Waals surface area (Å²) >= 11 is 0. The van der Waals surface area contributed by atoms with E-state index in [4.69, 9.17) is 0 Å². The molecular weight excluding hydrogens is 234 g/mol. The molecule has 3 nitrogen and oxygen atoms in total. The molecule has 0 amide bonds. The predicted molar refractivity (Wildman–Crippen MR) is 84.8 cm³/mol. The number of nitrogens with one attached hydrogen (secondary N) is 1. The molecule has 0 aromatic carbocycles. The number of piperazine rings is 1. The van der Waals surface area contributed by atoms with Crippen molar-refractivity contribution in [2.75, 3.05) is 45.8 Å². The topological polar surface area (TPSA) is 18.5 Å². The number of likely N-dealkylation sites (N-methyl/N-ethyl adjacent to an activating group) is 1. The van der Waals surface area contributed by atoms with E-state index in [-0.39, 0.29) is 0 Å². The van der Waals surface area contributed by atoms with E-state index in [1.807, 2.05) is 0 Å². The molecule has 0 aromatic heterocycles. The van der Waals surface area contributed by atoms with Gasteiger partial charge in [-0.05, 0) is 52.4 Å². The fourth-order valence-corrected chi connectivity index (χ4v) is 2.98. The lowest BCUT2D eigenvalue weighted by Crippen LogP contribution is -2.51. The van der Waals surface area contributed by atoms with E-state index >= 15 is 0 Å². The summed E-state index contributed by atoms with van der Waals surface area (Å²) < 4.78 is 0. The lowest BCUT2D eigenvalue weighted by molar-refractivity contribution is 0.0869. The molecule has 3 heteroatoms. The van der Waals surface area contributed by atoms with Crippen LogP contribution in [0.5, 0.6) is 0 Å². The van der Waals surface area contributed by atoms with Crippen LogP contribution in [0.15, 0.2) is 0 Å². The van der Waals surface area contributed by atoms with Crippen LogP contribution in [-0.2, 0) is 0 Å². The van der Waals surface area contributed by atoms with Crippen molar-refractivity contribution in [2.24, 2.45) is 0 Å². The molecule has 0 aliphatic carbocycles. The third-order valence-corrected chi connectivity index (χ3v) is 4.26. The lowest BCUT2D eigenvalue weighted by Gasteiger charge is -2.39. The average molecular weight is 269 g/mol. The van der Waals surface area contributed by atoms with Gasteiger partial charge in [0.15, 0.2) is 0 Å². The van der Waals surface area contributed by atoms with Crippen molar-refractivity contribution in [1.82, 2.24) is 15.1 Å². The summed E-state index contributed by atoms with van der Waals surface area (Å²) in [6, 6.07) is 0.747. The summed E-state index contributed by atoms with van der Waals surface area (Å²) in [4.78, 5) is 5.25. The summed E-state index contributed by atoms with van der Waals surface area (Å²) in [5.41, 5.74) is 0. The average Bonchev–Trinajstić information content (AvgIpc) is 2.42. The molecule has 0 aromatic rings. The van der Waals surface area contributed by atoms with Crippen molar-refractivity contribution >= 4 is 0 Å². The van der Waals surface area contributed by atoms with E-state index in [0.29, 0.717) is 0 Å². The standard InChI is InChI=1S/C16H35N3/c1-4-10-17-11-8-6-7-9-12-18-13-14-19(5-2)16(3)15-18/h16-17H,4-15H2,1-3H3. The normalized spacial score (nSPS) is 21.9. The highest BCUT2D eigenvalue weighted by Crippen LogP contribution is 2.10. The Bertz CT molecular complexity index is 208. The summed E-state index contributed by atoms with van der Waals surface area (Å²) in [7, 11) is 0. The Morgan fingerprint density at radius 2 is 1.79 bits per heavy atom. The zero-order chi connectivity index (χ0) is 13.9. The first-order chi connectivity index (χ1) is 9.27. The maximum atomic E-state index is 3.48. The minimum absolute atomic E-state index is 0.747. The highest BCUT2D eigenvalue weighted by Gasteiger charge is 2.21. The molecule has 1 saturated heterocycles. The Morgan fingerprint density at radius 3 is 2.47 bits per heavy atom. The Kier molecular flexibility index (Phi) is 9.48. The molecule has 0 radical (unpaired) electrons. The van der Waals surface area contributed by atoms with Crippen molar-refractivity contribution in [1.29, 1.82) is 0 Å². The Morgan fingerprint density at radius 1 is 1.00 bits per heavy atom. The molecule has 114 valence electrons. The molecule has 19 heavy (non-hydrogen) atoms. The van der Waals surface area contributed by atoms with Gasteiger partial charge in [-0.2, -0.15) is 0 Å². The summed E-state index contributed by atoms with van der Waals surface area (Å²) in [5.74, 6) is 0. The predicted octanol–water partition coefficient (Wildman–Crippen LogP) is 2.57. The van der Waals surface area contributed by atoms with E-state index in [2.05, 4.69) is 35.9 Å². The van der Waals surface area contributed by atoms with Gasteiger partial charge in [-0.25, -0.2) is 0 Å². The number of unbranched alkanes of at least 4 members (excludes halogenated alkanes) is 3. The van der Waals surface area contributed by atoms with Crippen LogP contribution in [0.25, 0.3) is 0 Å². The minimum Gasteiger partial charge on any atom is -0.317 e. The summed E-state index contributed by atoms with van der Waals surface area (Å²) in [6.07, 6.45) is 6.77. The zero-order valence-corrected chi connectivity index (χ0v) is 13.5. The molecule has 0 spiro atoms. The van der Waals surface area contributed by atoms with Gasteiger partial charge in [0, 0.05) is 25.7 Å². The highest BCUT2D eigenvalue weighted by molar-refractivity contribution is 4.78. The molecule has 1 aliphatic rings. The van der Waals surface area contributed by atoms with Crippen molar-refractivity contribution < 1.29 is 0 Å². The van der Waals surface area contributed by atoms with Crippen molar-refractivity contribution in [2.45, 2.75) is 58.9 Å². The SMILES string of the molecule is CCCNCCCCCCN1CCN(CC)C(C)C1. The van der Waals surface area contributed by atoms with Gasteiger partial charge < -0.3 is 10.2 Å². The van der Waals surface area contributed by atoms with Gasteiger partial charge in [0.25, 0.3) is 0 Å². The molecule has 1 fully saturated rings. The molecule has 1 aliphatic heterocycles. The highest BCUT2D eigenvalue weighted by atomic mass is 15.3. The van der Waals surface area contributed by atoms with Crippen molar-refractivity contribution in [3.8, 4) is 0 Å². The Balaban J connectivity index is 1.93. The lowest BCUT2D eigenvalue weighted by atomic mass is 10.1. The fraction of sp³-hybridized carbons (Fsp3) is 1.00. The second-order valence-electron chi connectivity index (χ2n) is 5.94. The summed E-state index contributed by atoms with van der Waals surface area (Å²) in [5, 5.41) is 3.48. The Labute approximate surface area is 120 Å². The van der Waals surface area contributed by atoms with Gasteiger partial charge in [0.05, 0.1) is 0 Å². The van der Waals surface area contributed by atoms with Crippen LogP contribution in [0.2, 0.25) is 0 Å². The van der Waals surface area contributed by atoms with Crippen LogP contribution in [0.1, 0.15) is 52.9 Å². The molecule has 1 N–H and O–H groups in total. The molecule has 1 atom stereocenters. The van der Waals surface area contributed by atoms with E-state index in [0.717, 1.165) is 6.04 Å². The number of nitrogens with zero attached hydrogens (tertiary/aromatic N) is 2. The zero-order valence-electron chi connectivity index (χ0n) is 13.5. The second kappa shape index (κ2) is 10.6. The largest absolute Gasteiger partial charge is 0.317 e. The molecule has 1 unspecified atom stereocenters. The number of hydrogen-bond donors (Lipinski definition) is 1. The molecule has 1 rings (SSSR count). The first-order valence-electron chi connectivity index (χ1n) is 8.45. The van der Waals surface area contributed by atoms with E-state index in [1.54, 1.807) is 0 Å². The first kappa shape index (κ1) is 16.9. The monoisotopic (exact) mass is 269 g/mol. The maximum Gasteiger partial charge on any atom is 0.0195 e. The van der Waals surface area contributed by atoms with Gasteiger partial charge in [-0.15, -0.1) is 0 Å². The van der Waals surface area contributed by atoms with E-state index < -0.39 is 0 Å². The Hall–Kier alpha value is -0.120. The van der Waals surface area contributed by atoms with Gasteiger partial charge in [-0.1, -0.05) is 26.7 Å². The van der Waals surface area contributed by atoms with Gasteiger partial charge in [0.1, 0.15) is 0 Å². The minimum atomic E-state index is 0.747. The van der Waals surface area contributed by atoms with Gasteiger partial charge >= 0.3 is 0 Å². The van der Waals surface area contributed by atoms with Crippen LogP contribution in [0, 0.1) is 0 Å². The maximum absolute atomic E-state index is 3.48. The van der Waals surface area contributed by atoms with Crippen LogP contribution in [-0.4, -0.2) is 61.7 Å². The fourth-order valence-electron chi connectivity index (χ4n) is 2.98. The number of hydrogen-bond acceptors (Lipinski definition) is 3. The van der Waals surface area contributed by atoms with Crippen molar-refractivity contribution in [3.05, 3.63) is 0 Å². The first-order valence-corrected chi connectivity index (χ1v) is 8.45. The van der Waals surface area contributed by atoms with E-state index in [1.165, 1.54) is 77.9 Å². The van der Waals surface area contributed by atoms with Crippen LogP contribution >= 0.6 is 0 Å². The number of rotatable bonds is 10. The van der Waals surface area contributed by atoms with Crippen LogP contribution in [0.3, 0.4) is 0 Å². The van der Waals surface area contributed by atoms with Crippen LogP contribution in [0.4, 0.5) is 0 Å².